The standard InChI is InChI=1S/C10H18O3/c1-13-10(12)8-4-2-3-5-9(11)7-6-8/h8-9,11H,2-7H2,1H3. The zero-order chi connectivity index (χ0) is 9.68. The number of esters is 1. The maximum absolute atomic E-state index is 11.2. The van der Waals surface area contributed by atoms with Crippen LogP contribution in [0.3, 0.4) is 0 Å². The van der Waals surface area contributed by atoms with Crippen molar-refractivity contribution >= 4 is 5.97 Å². The number of hydrogen-bond acceptors (Lipinski definition) is 3. The number of methoxy groups -OCH3 is 1. The molecule has 76 valence electrons. The minimum Gasteiger partial charge on any atom is -0.469 e. The van der Waals surface area contributed by atoms with Crippen molar-refractivity contribution in [2.75, 3.05) is 7.11 Å². The lowest BCUT2D eigenvalue weighted by molar-refractivity contribution is -0.146. The molecule has 1 rings (SSSR count). The van der Waals surface area contributed by atoms with E-state index in [1.807, 2.05) is 0 Å². The third-order valence-electron chi connectivity index (χ3n) is 2.72. The van der Waals surface area contributed by atoms with Crippen molar-refractivity contribution in [3.63, 3.8) is 0 Å². The maximum Gasteiger partial charge on any atom is 0.308 e. The third-order valence-corrected chi connectivity index (χ3v) is 2.72. The number of carbonyl (C=O) groups excluding carboxylic acids is 1. The fourth-order valence-electron chi connectivity index (χ4n) is 1.86. The summed E-state index contributed by atoms with van der Waals surface area (Å²) >= 11 is 0. The molecule has 0 spiro atoms. The van der Waals surface area contributed by atoms with E-state index in [2.05, 4.69) is 0 Å². The highest BCUT2D eigenvalue weighted by Crippen LogP contribution is 2.23. The van der Waals surface area contributed by atoms with E-state index in [1.54, 1.807) is 0 Å². The summed E-state index contributed by atoms with van der Waals surface area (Å²) in [6.07, 6.45) is 5.14. The van der Waals surface area contributed by atoms with E-state index in [0.717, 1.165) is 38.5 Å². The van der Waals surface area contributed by atoms with E-state index >= 15 is 0 Å². The van der Waals surface area contributed by atoms with Gasteiger partial charge in [0.05, 0.1) is 19.1 Å². The van der Waals surface area contributed by atoms with E-state index < -0.39 is 0 Å². The SMILES string of the molecule is COC(=O)C1CCCCC(O)CC1. The number of ether oxygens (including phenoxy) is 1. The van der Waals surface area contributed by atoms with Crippen LogP contribution in [0.5, 0.6) is 0 Å². The van der Waals surface area contributed by atoms with Gasteiger partial charge in [-0.15, -0.1) is 0 Å². The van der Waals surface area contributed by atoms with Gasteiger partial charge < -0.3 is 9.84 Å². The zero-order valence-electron chi connectivity index (χ0n) is 8.16. The molecular formula is C10H18O3. The van der Waals surface area contributed by atoms with Gasteiger partial charge in [-0.05, 0) is 25.7 Å². The fraction of sp³-hybridized carbons (Fsp3) is 0.900. The lowest BCUT2D eigenvalue weighted by atomic mass is 9.90. The summed E-state index contributed by atoms with van der Waals surface area (Å²) in [5, 5.41) is 9.43. The molecule has 13 heavy (non-hydrogen) atoms. The molecule has 1 aliphatic rings. The Labute approximate surface area is 79.1 Å². The fourth-order valence-corrected chi connectivity index (χ4v) is 1.86. The molecule has 0 radical (unpaired) electrons. The smallest absolute Gasteiger partial charge is 0.308 e. The normalized spacial score (nSPS) is 30.3. The Balaban J connectivity index is 2.40. The molecule has 0 heterocycles. The van der Waals surface area contributed by atoms with E-state index in [-0.39, 0.29) is 18.0 Å². The Kier molecular flexibility index (Phi) is 4.22. The Morgan fingerprint density at radius 1 is 1.23 bits per heavy atom. The second-order valence-electron chi connectivity index (χ2n) is 3.74. The first-order valence-corrected chi connectivity index (χ1v) is 5.00. The monoisotopic (exact) mass is 186 g/mol. The quantitative estimate of drug-likeness (QED) is 0.631. The summed E-state index contributed by atoms with van der Waals surface area (Å²) in [5.74, 6) is -0.103. The van der Waals surface area contributed by atoms with Crippen LogP contribution in [0.4, 0.5) is 0 Å². The summed E-state index contributed by atoms with van der Waals surface area (Å²) in [6.45, 7) is 0. The highest BCUT2D eigenvalue weighted by atomic mass is 16.5. The molecule has 0 aromatic carbocycles. The number of aliphatic hydroxyl groups excluding tert-OH is 1. The van der Waals surface area contributed by atoms with Crippen molar-refractivity contribution < 1.29 is 14.6 Å². The zero-order valence-corrected chi connectivity index (χ0v) is 8.16. The van der Waals surface area contributed by atoms with Crippen LogP contribution in [0.25, 0.3) is 0 Å². The second-order valence-corrected chi connectivity index (χ2v) is 3.74. The summed E-state index contributed by atoms with van der Waals surface area (Å²) in [7, 11) is 1.43. The van der Waals surface area contributed by atoms with Gasteiger partial charge in [0.15, 0.2) is 0 Å². The number of carbonyl (C=O) groups is 1. The van der Waals surface area contributed by atoms with Crippen LogP contribution in [-0.4, -0.2) is 24.3 Å². The van der Waals surface area contributed by atoms with Crippen molar-refractivity contribution in [1.82, 2.24) is 0 Å². The van der Waals surface area contributed by atoms with Gasteiger partial charge in [-0.2, -0.15) is 0 Å². The van der Waals surface area contributed by atoms with Gasteiger partial charge in [0.25, 0.3) is 0 Å². The van der Waals surface area contributed by atoms with E-state index in [4.69, 9.17) is 4.74 Å². The van der Waals surface area contributed by atoms with Gasteiger partial charge in [0.1, 0.15) is 0 Å². The Morgan fingerprint density at radius 2 is 1.92 bits per heavy atom. The summed E-state index contributed by atoms with van der Waals surface area (Å²) < 4.78 is 4.70. The van der Waals surface area contributed by atoms with Crippen molar-refractivity contribution in [3.8, 4) is 0 Å². The topological polar surface area (TPSA) is 46.5 Å². The third kappa shape index (κ3) is 3.35. The van der Waals surface area contributed by atoms with E-state index in [9.17, 15) is 9.90 Å². The molecule has 1 N–H and O–H groups in total. The minimum absolute atomic E-state index is 0.0138. The Morgan fingerprint density at radius 3 is 2.62 bits per heavy atom. The molecule has 3 heteroatoms. The predicted molar refractivity (Wildman–Crippen MR) is 49.2 cm³/mol. The van der Waals surface area contributed by atoms with Crippen LogP contribution in [0.1, 0.15) is 38.5 Å². The van der Waals surface area contributed by atoms with Crippen molar-refractivity contribution in [1.29, 1.82) is 0 Å². The molecule has 0 aromatic heterocycles. The van der Waals surface area contributed by atoms with Gasteiger partial charge in [-0.1, -0.05) is 12.8 Å². The summed E-state index contributed by atoms with van der Waals surface area (Å²) in [4.78, 5) is 11.2. The number of rotatable bonds is 1. The first-order valence-electron chi connectivity index (χ1n) is 5.00. The molecule has 1 saturated carbocycles. The molecule has 0 saturated heterocycles. The van der Waals surface area contributed by atoms with E-state index in [0.29, 0.717) is 0 Å². The predicted octanol–water partition coefficient (Wildman–Crippen LogP) is 1.49. The van der Waals surface area contributed by atoms with Gasteiger partial charge in [0, 0.05) is 0 Å². The van der Waals surface area contributed by atoms with Gasteiger partial charge >= 0.3 is 5.97 Å². The number of aliphatic hydroxyl groups is 1. The lowest BCUT2D eigenvalue weighted by Crippen LogP contribution is -2.21. The molecule has 1 aliphatic carbocycles. The molecule has 1 fully saturated rings. The Bertz CT molecular complexity index is 168. The Hall–Kier alpha value is -0.570. The molecule has 3 nitrogen and oxygen atoms in total. The first-order chi connectivity index (χ1) is 6.24. The largest absolute Gasteiger partial charge is 0.469 e. The summed E-state index contributed by atoms with van der Waals surface area (Å²) in [6, 6.07) is 0. The van der Waals surface area contributed by atoms with Crippen LogP contribution in [0, 0.1) is 5.92 Å². The van der Waals surface area contributed by atoms with Crippen LogP contribution in [0.15, 0.2) is 0 Å². The van der Waals surface area contributed by atoms with Crippen molar-refractivity contribution in [2.24, 2.45) is 5.92 Å². The lowest BCUT2D eigenvalue weighted by Gasteiger charge is -2.20. The van der Waals surface area contributed by atoms with Crippen LogP contribution < -0.4 is 0 Å². The van der Waals surface area contributed by atoms with Gasteiger partial charge in [-0.25, -0.2) is 0 Å². The van der Waals surface area contributed by atoms with Crippen LogP contribution in [-0.2, 0) is 9.53 Å². The van der Waals surface area contributed by atoms with Gasteiger partial charge in [0.2, 0.25) is 0 Å². The molecule has 0 aromatic rings. The first kappa shape index (κ1) is 10.5. The molecule has 2 unspecified atom stereocenters. The van der Waals surface area contributed by atoms with Gasteiger partial charge in [-0.3, -0.25) is 4.79 Å². The van der Waals surface area contributed by atoms with Crippen molar-refractivity contribution in [2.45, 2.75) is 44.6 Å². The average Bonchev–Trinajstić information content (AvgIpc) is 2.11. The van der Waals surface area contributed by atoms with Crippen LogP contribution in [0.2, 0.25) is 0 Å². The summed E-state index contributed by atoms with van der Waals surface area (Å²) in [5.41, 5.74) is 0. The number of hydrogen-bond donors (Lipinski definition) is 1. The highest BCUT2D eigenvalue weighted by Gasteiger charge is 2.21. The second kappa shape index (κ2) is 5.22. The molecule has 0 amide bonds. The van der Waals surface area contributed by atoms with Crippen molar-refractivity contribution in [3.05, 3.63) is 0 Å². The van der Waals surface area contributed by atoms with E-state index in [1.165, 1.54) is 7.11 Å². The molecule has 0 bridgehead atoms. The molecular weight excluding hydrogens is 168 g/mol. The minimum atomic E-state index is -0.215. The van der Waals surface area contributed by atoms with Crippen LogP contribution >= 0.6 is 0 Å². The average molecular weight is 186 g/mol. The maximum atomic E-state index is 11.2. The molecule has 2 atom stereocenters. The highest BCUT2D eigenvalue weighted by molar-refractivity contribution is 5.72. The molecule has 0 aliphatic heterocycles.